The number of carbonyl (C=O) groups is 1. The predicted octanol–water partition coefficient (Wildman–Crippen LogP) is 9.76. The second-order valence-electron chi connectivity index (χ2n) is 16.0. The Morgan fingerprint density at radius 2 is 1.11 bits per heavy atom. The van der Waals surface area contributed by atoms with Crippen molar-refractivity contribution in [3.63, 3.8) is 0 Å². The number of nitrogens with two attached hydrogens (primary N) is 2. The van der Waals surface area contributed by atoms with Gasteiger partial charge < -0.3 is 27.0 Å². The van der Waals surface area contributed by atoms with Crippen LogP contribution in [-0.4, -0.2) is 41.3 Å². The molecule has 0 unspecified atom stereocenters. The Morgan fingerprint density at radius 1 is 0.632 bits per heavy atom. The van der Waals surface area contributed by atoms with Crippen molar-refractivity contribution in [1.82, 2.24) is 5.32 Å². The molecule has 0 aliphatic heterocycles. The molecule has 0 saturated heterocycles. The SMILES string of the molecule is CC(C)C[C@@H](CO)N[C@@H]1Cc2cccc3cccc1c23.CC(C)C[C@H](N)CO.Cl.Cl.F.N[C@@H]1Cc2cccc3cccc1c23.O=C1Cc2cccc3cccc1c23. The van der Waals surface area contributed by atoms with Crippen molar-refractivity contribution in [3.05, 3.63) is 143 Å². The summed E-state index contributed by atoms with van der Waals surface area (Å²) in [6.07, 6.45) is 4.54. The minimum absolute atomic E-state index is 0. The van der Waals surface area contributed by atoms with Crippen LogP contribution < -0.4 is 16.8 Å². The molecule has 0 bridgehead atoms. The molecule has 6 aromatic rings. The lowest BCUT2D eigenvalue weighted by Gasteiger charge is -2.23. The van der Waals surface area contributed by atoms with Crippen LogP contribution in [0.1, 0.15) is 90.8 Å². The Kier molecular flexibility index (Phi) is 18.1. The highest BCUT2D eigenvalue weighted by molar-refractivity contribution is 6.15. The fourth-order valence-corrected chi connectivity index (χ4v) is 8.46. The van der Waals surface area contributed by atoms with Crippen molar-refractivity contribution in [2.24, 2.45) is 23.3 Å². The molecule has 4 atom stereocenters. The molecule has 306 valence electrons. The van der Waals surface area contributed by atoms with Crippen LogP contribution >= 0.6 is 24.8 Å². The number of Topliss-reactive ketones (excluding diaryl/α,β-unsaturated/α-hetero) is 1. The average molecular weight is 817 g/mol. The molecule has 57 heavy (non-hydrogen) atoms. The van der Waals surface area contributed by atoms with Gasteiger partial charge in [-0.2, -0.15) is 0 Å². The van der Waals surface area contributed by atoms with Gasteiger partial charge >= 0.3 is 0 Å². The number of ketones is 1. The Labute approximate surface area is 349 Å². The maximum Gasteiger partial charge on any atom is 0.167 e. The first-order chi connectivity index (χ1) is 26.1. The number of hydrogen-bond donors (Lipinski definition) is 5. The molecule has 0 radical (unpaired) electrons. The van der Waals surface area contributed by atoms with Crippen molar-refractivity contribution in [2.75, 3.05) is 13.2 Å². The van der Waals surface area contributed by atoms with Crippen molar-refractivity contribution in [2.45, 2.75) is 84.0 Å². The fraction of sp³-hybridized carbons (Fsp3) is 0.354. The van der Waals surface area contributed by atoms with Crippen molar-refractivity contribution < 1.29 is 19.7 Å². The summed E-state index contributed by atoms with van der Waals surface area (Å²) in [5, 5.41) is 29.5. The van der Waals surface area contributed by atoms with Gasteiger partial charge in [-0.05, 0) is 97.7 Å². The minimum atomic E-state index is -0.0185. The van der Waals surface area contributed by atoms with E-state index in [9.17, 15) is 9.90 Å². The van der Waals surface area contributed by atoms with Crippen LogP contribution in [0.3, 0.4) is 0 Å². The van der Waals surface area contributed by atoms with E-state index in [1.807, 2.05) is 24.3 Å². The standard InChI is InChI=1S/C18H23NO.C12H11N.C12H8O.C6H15NO.2ClH.FH/c1-12(2)9-15(11-20)19-17-10-14-7-3-5-13-6-4-8-16(17)18(13)14;2*13-11-7-9-5-1-3-8-4-2-6-10(11)12(8)9;1-5(2)3-6(7)4-8;;;/h3-8,12,15,17,19-20H,9-11H2,1-2H3;1-6,11H,7,13H2;1-6H,7H2;5-6,8H,3-4,7H2,1-2H3;3*1H/t15-,17+;11-;;6-;;;/m01.0.../s1. The third kappa shape index (κ3) is 11.2. The second kappa shape index (κ2) is 21.7. The average Bonchev–Trinajstić information content (AvgIpc) is 3.81. The van der Waals surface area contributed by atoms with Gasteiger partial charge in [-0.15, -0.1) is 24.8 Å². The zero-order valence-corrected chi connectivity index (χ0v) is 35.1. The van der Waals surface area contributed by atoms with Gasteiger partial charge in [-0.1, -0.05) is 137 Å². The lowest BCUT2D eigenvalue weighted by Crippen LogP contribution is -2.36. The number of halogens is 3. The first-order valence-electron chi connectivity index (χ1n) is 19.6. The number of hydrogen-bond acceptors (Lipinski definition) is 6. The summed E-state index contributed by atoms with van der Waals surface area (Å²) in [6.45, 7) is 8.91. The van der Waals surface area contributed by atoms with E-state index in [-0.39, 0.29) is 66.6 Å². The van der Waals surface area contributed by atoms with Gasteiger partial charge in [0.15, 0.2) is 5.78 Å². The molecule has 0 amide bonds. The lowest BCUT2D eigenvalue weighted by atomic mass is 10.0. The Morgan fingerprint density at radius 3 is 1.63 bits per heavy atom. The third-order valence-electron chi connectivity index (χ3n) is 10.7. The van der Waals surface area contributed by atoms with Crippen molar-refractivity contribution in [1.29, 1.82) is 0 Å². The summed E-state index contributed by atoms with van der Waals surface area (Å²) in [5.74, 6) is 1.45. The van der Waals surface area contributed by atoms with Crippen molar-refractivity contribution >= 4 is 62.9 Å². The van der Waals surface area contributed by atoms with Gasteiger partial charge in [0.2, 0.25) is 0 Å². The molecule has 9 heteroatoms. The van der Waals surface area contributed by atoms with Gasteiger partial charge in [0.1, 0.15) is 0 Å². The number of carbonyl (C=O) groups excluding carboxylic acids is 1. The molecule has 7 N–H and O–H groups in total. The molecule has 0 saturated carbocycles. The minimum Gasteiger partial charge on any atom is -0.395 e. The molecule has 0 spiro atoms. The van der Waals surface area contributed by atoms with Gasteiger partial charge in [-0.25, -0.2) is 0 Å². The van der Waals surface area contributed by atoms with Crippen LogP contribution in [0.15, 0.2) is 109 Å². The van der Waals surface area contributed by atoms with E-state index >= 15 is 0 Å². The number of rotatable bonds is 8. The molecule has 3 aliphatic carbocycles. The Bertz CT molecular complexity index is 2210. The highest BCUT2D eigenvalue weighted by atomic mass is 35.5. The zero-order valence-electron chi connectivity index (χ0n) is 33.5. The molecule has 9 rings (SSSR count). The highest BCUT2D eigenvalue weighted by Crippen LogP contribution is 2.38. The van der Waals surface area contributed by atoms with E-state index in [0.717, 1.165) is 36.6 Å². The quantitative estimate of drug-likeness (QED) is 0.104. The van der Waals surface area contributed by atoms with E-state index < -0.39 is 0 Å². The van der Waals surface area contributed by atoms with Crippen LogP contribution in [0, 0.1) is 11.8 Å². The molecule has 0 fully saturated rings. The molecular formula is C48H60Cl2FN3O3. The maximum absolute atomic E-state index is 11.5. The van der Waals surface area contributed by atoms with Gasteiger partial charge in [0.05, 0.1) is 13.2 Å². The lowest BCUT2D eigenvalue weighted by molar-refractivity contribution is 0.1000. The first kappa shape index (κ1) is 47.5. The zero-order chi connectivity index (χ0) is 38.4. The molecule has 0 heterocycles. The summed E-state index contributed by atoms with van der Waals surface area (Å²) >= 11 is 0. The smallest absolute Gasteiger partial charge is 0.167 e. The highest BCUT2D eigenvalue weighted by Gasteiger charge is 2.26. The van der Waals surface area contributed by atoms with Crippen LogP contribution in [0.2, 0.25) is 0 Å². The van der Waals surface area contributed by atoms with Crippen LogP contribution in [0.25, 0.3) is 32.3 Å². The summed E-state index contributed by atoms with van der Waals surface area (Å²) < 4.78 is 0. The maximum atomic E-state index is 11.5. The summed E-state index contributed by atoms with van der Waals surface area (Å²) in [4.78, 5) is 11.5. The van der Waals surface area contributed by atoms with E-state index in [1.165, 1.54) is 54.7 Å². The number of aliphatic hydroxyl groups is 2. The normalized spacial score (nSPS) is 16.4. The van der Waals surface area contributed by atoms with E-state index in [2.05, 4.69) is 118 Å². The Balaban J connectivity index is 0.000000209. The van der Waals surface area contributed by atoms with E-state index in [4.69, 9.17) is 16.6 Å². The van der Waals surface area contributed by atoms with Crippen molar-refractivity contribution in [3.8, 4) is 0 Å². The predicted molar refractivity (Wildman–Crippen MR) is 242 cm³/mol. The van der Waals surface area contributed by atoms with E-state index in [0.29, 0.717) is 24.3 Å². The summed E-state index contributed by atoms with van der Waals surface area (Å²) in [6, 6.07) is 38.7. The molecule has 3 aliphatic rings. The fourth-order valence-electron chi connectivity index (χ4n) is 8.46. The number of nitrogens with one attached hydrogen (secondary N) is 1. The van der Waals surface area contributed by atoms with Gasteiger partial charge in [0, 0.05) is 36.2 Å². The van der Waals surface area contributed by atoms with E-state index in [1.54, 1.807) is 0 Å². The summed E-state index contributed by atoms with van der Waals surface area (Å²) in [5.41, 5.74) is 19.1. The van der Waals surface area contributed by atoms with Crippen LogP contribution in [-0.2, 0) is 19.3 Å². The molecule has 6 nitrogen and oxygen atoms in total. The van der Waals surface area contributed by atoms with Gasteiger partial charge in [0.25, 0.3) is 0 Å². The molecule has 0 aromatic heterocycles. The van der Waals surface area contributed by atoms with Crippen LogP contribution in [0.4, 0.5) is 4.70 Å². The monoisotopic (exact) mass is 815 g/mol. The number of aliphatic hydroxyl groups excluding tert-OH is 2. The molecule has 6 aromatic carbocycles. The topological polar surface area (TPSA) is 122 Å². The largest absolute Gasteiger partial charge is 0.395 e. The third-order valence-corrected chi connectivity index (χ3v) is 10.7. The second-order valence-corrected chi connectivity index (χ2v) is 16.0. The number of benzene rings is 6. The summed E-state index contributed by atoms with van der Waals surface area (Å²) in [7, 11) is 0. The first-order valence-corrected chi connectivity index (χ1v) is 19.6. The Hall–Kier alpha value is -3.92. The van der Waals surface area contributed by atoms with Gasteiger partial charge in [-0.3, -0.25) is 9.50 Å². The molecular weight excluding hydrogens is 756 g/mol. The van der Waals surface area contributed by atoms with Crippen LogP contribution in [0.5, 0.6) is 0 Å².